The zero-order valence-corrected chi connectivity index (χ0v) is 12.4. The van der Waals surface area contributed by atoms with Crippen molar-refractivity contribution in [1.82, 2.24) is 10.2 Å². The molecule has 0 spiro atoms. The number of likely N-dealkylation sites (N-methyl/N-ethyl adjacent to an activating group) is 1. The number of carbonyl (C=O) groups excluding carboxylic acids is 1. The molecule has 19 heavy (non-hydrogen) atoms. The molecule has 0 aromatic heterocycles. The first-order valence-electron chi connectivity index (χ1n) is 8.22. The summed E-state index contributed by atoms with van der Waals surface area (Å²) in [4.78, 5) is 14.3. The smallest absolute Gasteiger partial charge is 0.236 e. The van der Waals surface area contributed by atoms with E-state index in [1.165, 1.54) is 38.5 Å². The maximum atomic E-state index is 12.2. The van der Waals surface area contributed by atoms with Crippen molar-refractivity contribution >= 4 is 5.91 Å². The molecule has 1 N–H and O–H groups in total. The molecular weight excluding hydrogens is 236 g/mol. The van der Waals surface area contributed by atoms with Crippen LogP contribution in [0.15, 0.2) is 0 Å². The molecule has 0 aliphatic heterocycles. The van der Waals surface area contributed by atoms with E-state index in [0.717, 1.165) is 24.3 Å². The van der Waals surface area contributed by atoms with E-state index in [2.05, 4.69) is 24.1 Å². The number of nitrogens with zero attached hydrogens (tertiary/aromatic N) is 1. The number of carbonyl (C=O) groups is 1. The predicted octanol–water partition coefficient (Wildman–Crippen LogP) is 2.41. The van der Waals surface area contributed by atoms with E-state index in [1.807, 2.05) is 0 Å². The first kappa shape index (κ1) is 13.4. The van der Waals surface area contributed by atoms with Crippen LogP contribution in [0.5, 0.6) is 0 Å². The summed E-state index contributed by atoms with van der Waals surface area (Å²) in [6.07, 6.45) is 8.15. The molecule has 3 fully saturated rings. The van der Waals surface area contributed by atoms with E-state index >= 15 is 0 Å². The van der Waals surface area contributed by atoms with Crippen molar-refractivity contribution in [2.75, 3.05) is 13.1 Å². The Balaban J connectivity index is 1.45. The van der Waals surface area contributed by atoms with Gasteiger partial charge in [0.15, 0.2) is 0 Å². The Hall–Kier alpha value is -0.570. The van der Waals surface area contributed by atoms with Crippen LogP contribution in [0.1, 0.15) is 52.4 Å². The summed E-state index contributed by atoms with van der Waals surface area (Å²) in [5, 5.41) is 3.52. The molecular formula is C16H28N2O. The molecule has 108 valence electrons. The lowest BCUT2D eigenvalue weighted by atomic mass is 9.84. The second-order valence-electron chi connectivity index (χ2n) is 6.92. The molecule has 1 amide bonds. The predicted molar refractivity (Wildman–Crippen MR) is 76.8 cm³/mol. The van der Waals surface area contributed by atoms with E-state index in [9.17, 15) is 4.79 Å². The zero-order chi connectivity index (χ0) is 13.4. The highest BCUT2D eigenvalue weighted by atomic mass is 16.2. The molecule has 0 heterocycles. The number of amides is 1. The summed E-state index contributed by atoms with van der Waals surface area (Å²) in [6.45, 7) is 5.79. The fourth-order valence-corrected chi connectivity index (χ4v) is 4.43. The van der Waals surface area contributed by atoms with Gasteiger partial charge in [-0.05, 0) is 63.7 Å². The minimum absolute atomic E-state index is 0.306. The topological polar surface area (TPSA) is 32.3 Å². The number of rotatable bonds is 6. The first-order chi connectivity index (χ1) is 9.19. The van der Waals surface area contributed by atoms with Crippen LogP contribution in [-0.4, -0.2) is 36.0 Å². The Kier molecular flexibility index (Phi) is 3.84. The van der Waals surface area contributed by atoms with Gasteiger partial charge < -0.3 is 10.2 Å². The van der Waals surface area contributed by atoms with E-state index in [1.54, 1.807) is 0 Å². The number of hydrogen-bond donors (Lipinski definition) is 1. The van der Waals surface area contributed by atoms with Gasteiger partial charge in [0.1, 0.15) is 0 Å². The fraction of sp³-hybridized carbons (Fsp3) is 0.938. The van der Waals surface area contributed by atoms with Crippen LogP contribution in [0.4, 0.5) is 0 Å². The molecule has 4 atom stereocenters. The summed E-state index contributed by atoms with van der Waals surface area (Å²) >= 11 is 0. The van der Waals surface area contributed by atoms with E-state index in [4.69, 9.17) is 0 Å². The first-order valence-corrected chi connectivity index (χ1v) is 8.22. The molecule has 3 rings (SSSR count). The molecule has 3 saturated carbocycles. The molecule has 4 unspecified atom stereocenters. The summed E-state index contributed by atoms with van der Waals surface area (Å²) in [5.41, 5.74) is 0. The monoisotopic (exact) mass is 264 g/mol. The average Bonchev–Trinajstić information content (AvgIpc) is 3.02. The molecule has 0 aromatic carbocycles. The second-order valence-corrected chi connectivity index (χ2v) is 6.92. The van der Waals surface area contributed by atoms with Gasteiger partial charge in [-0.15, -0.1) is 0 Å². The minimum atomic E-state index is 0.306. The van der Waals surface area contributed by atoms with Crippen molar-refractivity contribution in [2.45, 2.75) is 64.5 Å². The van der Waals surface area contributed by atoms with E-state index in [0.29, 0.717) is 24.5 Å². The van der Waals surface area contributed by atoms with Crippen LogP contribution >= 0.6 is 0 Å². The average molecular weight is 264 g/mol. The lowest BCUT2D eigenvalue weighted by Gasteiger charge is -2.29. The number of hydrogen-bond acceptors (Lipinski definition) is 2. The highest BCUT2D eigenvalue weighted by Gasteiger charge is 2.41. The third-order valence-electron chi connectivity index (χ3n) is 5.66. The second kappa shape index (κ2) is 5.43. The Bertz CT molecular complexity index is 340. The van der Waals surface area contributed by atoms with Gasteiger partial charge in [0.25, 0.3) is 0 Å². The highest BCUT2D eigenvalue weighted by molar-refractivity contribution is 5.78. The molecule has 2 bridgehead atoms. The minimum Gasteiger partial charge on any atom is -0.339 e. The van der Waals surface area contributed by atoms with Gasteiger partial charge in [-0.3, -0.25) is 4.79 Å². The number of nitrogens with one attached hydrogen (secondary N) is 1. The van der Waals surface area contributed by atoms with Crippen LogP contribution in [0.3, 0.4) is 0 Å². The van der Waals surface area contributed by atoms with Crippen LogP contribution in [0.2, 0.25) is 0 Å². The molecule has 0 radical (unpaired) electrons. The molecule has 0 aromatic rings. The normalized spacial score (nSPS) is 34.5. The Morgan fingerprint density at radius 3 is 2.58 bits per heavy atom. The lowest BCUT2D eigenvalue weighted by Crippen LogP contribution is -2.44. The van der Waals surface area contributed by atoms with E-state index < -0.39 is 0 Å². The summed E-state index contributed by atoms with van der Waals surface area (Å²) in [7, 11) is 0. The summed E-state index contributed by atoms with van der Waals surface area (Å²) in [5.74, 6) is 3.06. The van der Waals surface area contributed by atoms with Gasteiger partial charge in [-0.2, -0.15) is 0 Å². The van der Waals surface area contributed by atoms with Crippen molar-refractivity contribution in [3.05, 3.63) is 0 Å². The quantitative estimate of drug-likeness (QED) is 0.799. The van der Waals surface area contributed by atoms with Gasteiger partial charge in [-0.25, -0.2) is 0 Å². The SMILES string of the molecule is CCN(C(=O)CNC(C)C1CC2CCC1C2)C1CC1. The molecule has 0 saturated heterocycles. The van der Waals surface area contributed by atoms with Crippen molar-refractivity contribution in [2.24, 2.45) is 17.8 Å². The standard InChI is InChI=1S/C16H28N2O/c1-3-18(14-6-7-14)16(19)10-17-11(2)15-9-12-4-5-13(15)8-12/h11-15,17H,3-10H2,1-2H3. The van der Waals surface area contributed by atoms with Gasteiger partial charge in [0.2, 0.25) is 5.91 Å². The maximum absolute atomic E-state index is 12.2. The van der Waals surface area contributed by atoms with Crippen LogP contribution in [-0.2, 0) is 4.79 Å². The third-order valence-corrected chi connectivity index (χ3v) is 5.66. The van der Waals surface area contributed by atoms with Crippen LogP contribution in [0, 0.1) is 17.8 Å². The lowest BCUT2D eigenvalue weighted by molar-refractivity contribution is -0.130. The summed E-state index contributed by atoms with van der Waals surface area (Å²) in [6, 6.07) is 1.06. The Labute approximate surface area is 117 Å². The van der Waals surface area contributed by atoms with Crippen LogP contribution in [0.25, 0.3) is 0 Å². The van der Waals surface area contributed by atoms with Gasteiger partial charge >= 0.3 is 0 Å². The fourth-order valence-electron chi connectivity index (χ4n) is 4.43. The molecule has 3 aliphatic rings. The zero-order valence-electron chi connectivity index (χ0n) is 12.4. The summed E-state index contributed by atoms with van der Waals surface area (Å²) < 4.78 is 0. The third kappa shape index (κ3) is 2.81. The van der Waals surface area contributed by atoms with Gasteiger partial charge in [0.05, 0.1) is 6.54 Å². The molecule has 3 heteroatoms. The van der Waals surface area contributed by atoms with E-state index in [-0.39, 0.29) is 0 Å². The maximum Gasteiger partial charge on any atom is 0.236 e. The van der Waals surface area contributed by atoms with Gasteiger partial charge in [-0.1, -0.05) is 6.42 Å². The Morgan fingerprint density at radius 2 is 2.05 bits per heavy atom. The van der Waals surface area contributed by atoms with Gasteiger partial charge in [0, 0.05) is 18.6 Å². The van der Waals surface area contributed by atoms with Crippen molar-refractivity contribution in [1.29, 1.82) is 0 Å². The Morgan fingerprint density at radius 1 is 1.26 bits per heavy atom. The largest absolute Gasteiger partial charge is 0.339 e. The van der Waals surface area contributed by atoms with Crippen LogP contribution < -0.4 is 5.32 Å². The van der Waals surface area contributed by atoms with Crippen molar-refractivity contribution < 1.29 is 4.79 Å². The molecule has 3 nitrogen and oxygen atoms in total. The number of fused-ring (bicyclic) bond motifs is 2. The molecule has 3 aliphatic carbocycles. The van der Waals surface area contributed by atoms with Crippen molar-refractivity contribution in [3.63, 3.8) is 0 Å². The van der Waals surface area contributed by atoms with Crippen molar-refractivity contribution in [3.8, 4) is 0 Å². The highest BCUT2D eigenvalue weighted by Crippen LogP contribution is 2.49.